The monoisotopic (exact) mass is 444 g/mol. The summed E-state index contributed by atoms with van der Waals surface area (Å²) in [5.74, 6) is -1.21. The molecule has 1 atom stereocenters. The number of hydrogen-bond donors (Lipinski definition) is 2. The van der Waals surface area contributed by atoms with E-state index < -0.39 is 18.1 Å². The van der Waals surface area contributed by atoms with Crippen LogP contribution in [0.5, 0.6) is 0 Å². The standard InChI is InChI=1S/C28H29NO4/c1-28(2,3)19-14-12-18(13-15-19)16-25(26(30)31)29-27(32)33-17-24-22-10-6-4-8-20(22)21-9-5-7-11-23(21)24/h4-15,24-25H,16-17H2,1-3H3,(H,29,32)(H,30,31)/t25-/m0/s1/i1D. The molecule has 1 aliphatic carbocycles. The maximum Gasteiger partial charge on any atom is 0.407 e. The molecule has 1 amide bonds. The first-order chi connectivity index (χ1) is 16.3. The summed E-state index contributed by atoms with van der Waals surface area (Å²) in [6.07, 6.45) is -0.609. The van der Waals surface area contributed by atoms with Crippen molar-refractivity contribution in [2.75, 3.05) is 6.61 Å². The van der Waals surface area contributed by atoms with Crippen LogP contribution in [-0.2, 0) is 21.4 Å². The van der Waals surface area contributed by atoms with Crippen molar-refractivity contribution >= 4 is 12.1 Å². The first kappa shape index (κ1) is 21.3. The van der Waals surface area contributed by atoms with Crippen LogP contribution in [0.4, 0.5) is 4.79 Å². The quantitative estimate of drug-likeness (QED) is 0.525. The Morgan fingerprint density at radius 2 is 1.58 bits per heavy atom. The number of rotatable bonds is 6. The van der Waals surface area contributed by atoms with Crippen molar-refractivity contribution < 1.29 is 20.8 Å². The van der Waals surface area contributed by atoms with Gasteiger partial charge in [-0.05, 0) is 38.8 Å². The first-order valence-electron chi connectivity index (χ1n) is 11.7. The number of alkyl carbamates (subject to hydrolysis) is 1. The number of aliphatic carboxylic acids is 1. The molecule has 0 aromatic heterocycles. The second-order valence-electron chi connectivity index (χ2n) is 9.15. The third-order valence-corrected chi connectivity index (χ3v) is 6.11. The van der Waals surface area contributed by atoms with Crippen LogP contribution in [-0.4, -0.2) is 29.8 Å². The van der Waals surface area contributed by atoms with Crippen molar-refractivity contribution in [3.05, 3.63) is 95.1 Å². The molecule has 3 aromatic rings. The minimum atomic E-state index is -1.12. The van der Waals surface area contributed by atoms with Crippen LogP contribution in [0.1, 0.15) is 50.3 Å². The molecule has 170 valence electrons. The molecule has 0 fully saturated rings. The smallest absolute Gasteiger partial charge is 0.407 e. The number of carboxylic acids is 1. The maximum absolute atomic E-state index is 12.5. The predicted molar refractivity (Wildman–Crippen MR) is 128 cm³/mol. The third-order valence-electron chi connectivity index (χ3n) is 6.11. The molecule has 5 heteroatoms. The number of nitrogens with one attached hydrogen (secondary N) is 1. The van der Waals surface area contributed by atoms with E-state index in [1.54, 1.807) is 0 Å². The number of carbonyl (C=O) groups is 2. The molecule has 3 aromatic carbocycles. The number of benzene rings is 3. The van der Waals surface area contributed by atoms with Crippen LogP contribution in [0.15, 0.2) is 72.8 Å². The highest BCUT2D eigenvalue weighted by Gasteiger charge is 2.29. The summed E-state index contributed by atoms with van der Waals surface area (Å²) in [5.41, 5.74) is 5.99. The SMILES string of the molecule is [2H]CC(C)(C)c1ccc(C[C@H](NC(=O)OCC2c3ccccc3-c3ccccc32)C(=O)O)cc1. The number of ether oxygens (including phenoxy) is 1. The largest absolute Gasteiger partial charge is 0.480 e. The zero-order chi connectivity index (χ0) is 24.3. The lowest BCUT2D eigenvalue weighted by atomic mass is 9.86. The average molecular weight is 445 g/mol. The molecule has 0 radical (unpaired) electrons. The Hall–Kier alpha value is -3.60. The molecule has 33 heavy (non-hydrogen) atoms. The molecule has 1 aliphatic rings. The van der Waals surface area contributed by atoms with E-state index >= 15 is 0 Å². The fourth-order valence-electron chi connectivity index (χ4n) is 4.31. The minimum Gasteiger partial charge on any atom is -0.480 e. The minimum absolute atomic E-state index is 0.0886. The van der Waals surface area contributed by atoms with Crippen molar-refractivity contribution in [1.82, 2.24) is 5.32 Å². The van der Waals surface area contributed by atoms with E-state index in [9.17, 15) is 14.7 Å². The van der Waals surface area contributed by atoms with Crippen LogP contribution in [0, 0.1) is 0 Å². The van der Waals surface area contributed by atoms with Gasteiger partial charge in [0.25, 0.3) is 0 Å². The Bertz CT molecular complexity index is 1140. The van der Waals surface area contributed by atoms with Gasteiger partial charge >= 0.3 is 12.1 Å². The summed E-state index contributed by atoms with van der Waals surface area (Å²) in [6, 6.07) is 22.5. The highest BCUT2D eigenvalue weighted by Crippen LogP contribution is 2.44. The molecule has 0 bridgehead atoms. The van der Waals surface area contributed by atoms with Gasteiger partial charge in [0.1, 0.15) is 12.6 Å². The molecular formula is C28H29NO4. The molecule has 5 nitrogen and oxygen atoms in total. The second-order valence-corrected chi connectivity index (χ2v) is 9.15. The Balaban J connectivity index is 1.40. The molecule has 0 unspecified atom stereocenters. The van der Waals surface area contributed by atoms with Gasteiger partial charge in [0.15, 0.2) is 0 Å². The van der Waals surface area contributed by atoms with Crippen LogP contribution in [0.2, 0.25) is 0 Å². The zero-order valence-corrected chi connectivity index (χ0v) is 18.9. The van der Waals surface area contributed by atoms with Crippen molar-refractivity contribution in [3.63, 3.8) is 0 Å². The van der Waals surface area contributed by atoms with Gasteiger partial charge in [-0.2, -0.15) is 0 Å². The van der Waals surface area contributed by atoms with E-state index in [0.29, 0.717) is 0 Å². The Morgan fingerprint density at radius 3 is 2.12 bits per heavy atom. The lowest BCUT2D eigenvalue weighted by molar-refractivity contribution is -0.139. The first-order valence-corrected chi connectivity index (χ1v) is 11.0. The lowest BCUT2D eigenvalue weighted by Crippen LogP contribution is -2.42. The van der Waals surface area contributed by atoms with E-state index in [-0.39, 0.29) is 31.3 Å². The van der Waals surface area contributed by atoms with E-state index in [1.165, 1.54) is 0 Å². The predicted octanol–water partition coefficient (Wildman–Crippen LogP) is 5.52. The number of amides is 1. The van der Waals surface area contributed by atoms with Crippen molar-refractivity contribution in [1.29, 1.82) is 0 Å². The molecule has 0 heterocycles. The summed E-state index contributed by atoms with van der Waals surface area (Å²) in [6.45, 7) is 4.37. The lowest BCUT2D eigenvalue weighted by Gasteiger charge is -2.20. The molecule has 0 aliphatic heterocycles. The van der Waals surface area contributed by atoms with Crippen LogP contribution < -0.4 is 5.32 Å². The van der Waals surface area contributed by atoms with E-state index in [0.717, 1.165) is 33.4 Å². The third kappa shape index (κ3) is 4.92. The number of carboxylic acid groups (broad SMARTS) is 1. The molecule has 0 spiro atoms. The summed E-state index contributed by atoms with van der Waals surface area (Å²) < 4.78 is 13.2. The summed E-state index contributed by atoms with van der Waals surface area (Å²) >= 11 is 0. The van der Waals surface area contributed by atoms with Gasteiger partial charge in [0.05, 0.1) is 0 Å². The fraction of sp³-hybridized carbons (Fsp3) is 0.286. The maximum atomic E-state index is 12.5. The molecule has 0 saturated heterocycles. The van der Waals surface area contributed by atoms with E-state index in [1.807, 2.05) is 74.5 Å². The van der Waals surface area contributed by atoms with Gasteiger partial charge in [0, 0.05) is 13.7 Å². The van der Waals surface area contributed by atoms with Gasteiger partial charge in [-0.15, -0.1) is 0 Å². The number of fused-ring (bicyclic) bond motifs is 3. The van der Waals surface area contributed by atoms with Crippen molar-refractivity contribution in [3.8, 4) is 11.1 Å². The van der Waals surface area contributed by atoms with Gasteiger partial charge < -0.3 is 15.2 Å². The summed E-state index contributed by atoms with van der Waals surface area (Å²) in [5, 5.41) is 12.2. The second kappa shape index (κ2) is 9.10. The van der Waals surface area contributed by atoms with Crippen LogP contribution in [0.25, 0.3) is 11.1 Å². The highest BCUT2D eigenvalue weighted by molar-refractivity contribution is 5.81. The fourth-order valence-corrected chi connectivity index (χ4v) is 4.31. The molecule has 0 saturated carbocycles. The Morgan fingerprint density at radius 1 is 1.00 bits per heavy atom. The number of hydrogen-bond acceptors (Lipinski definition) is 3. The summed E-state index contributed by atoms with van der Waals surface area (Å²) in [7, 11) is 0. The Kier molecular flexibility index (Phi) is 5.86. The van der Waals surface area contributed by atoms with Gasteiger partial charge in [-0.3, -0.25) is 0 Å². The van der Waals surface area contributed by atoms with Crippen molar-refractivity contribution in [2.45, 2.75) is 44.5 Å². The van der Waals surface area contributed by atoms with Crippen LogP contribution in [0.3, 0.4) is 0 Å². The molecule has 4 rings (SSSR count). The molecular weight excluding hydrogens is 414 g/mol. The number of carbonyl (C=O) groups excluding carboxylic acids is 1. The topological polar surface area (TPSA) is 75.6 Å². The zero-order valence-electron chi connectivity index (χ0n) is 19.9. The van der Waals surface area contributed by atoms with Gasteiger partial charge in [-0.25, -0.2) is 9.59 Å². The van der Waals surface area contributed by atoms with Crippen molar-refractivity contribution in [2.24, 2.45) is 0 Å². The van der Waals surface area contributed by atoms with Gasteiger partial charge in [-0.1, -0.05) is 93.5 Å². The molecule has 2 N–H and O–H groups in total. The highest BCUT2D eigenvalue weighted by atomic mass is 16.5. The van der Waals surface area contributed by atoms with E-state index in [4.69, 9.17) is 6.11 Å². The van der Waals surface area contributed by atoms with Gasteiger partial charge in [0.2, 0.25) is 0 Å². The normalized spacial score (nSPS) is 14.1. The summed E-state index contributed by atoms with van der Waals surface area (Å²) in [4.78, 5) is 24.3. The Labute approximate surface area is 195 Å². The van der Waals surface area contributed by atoms with Crippen LogP contribution >= 0.6 is 0 Å². The average Bonchev–Trinajstić information content (AvgIpc) is 3.16. The van der Waals surface area contributed by atoms with E-state index in [2.05, 4.69) is 17.4 Å².